The van der Waals surface area contributed by atoms with Crippen LogP contribution in [0.4, 0.5) is 11.5 Å². The van der Waals surface area contributed by atoms with Gasteiger partial charge in [-0.3, -0.25) is 0 Å². The Hall–Kier alpha value is -1.60. The van der Waals surface area contributed by atoms with Gasteiger partial charge in [-0.25, -0.2) is 9.78 Å². The summed E-state index contributed by atoms with van der Waals surface area (Å²) >= 11 is 4.99. The number of carboxylic acids is 1. The molecule has 0 saturated carbocycles. The van der Waals surface area contributed by atoms with Crippen LogP contribution in [-0.2, 0) is 6.54 Å². The number of hydrogen-bond donors (Lipinski definition) is 2. The van der Waals surface area contributed by atoms with Crippen molar-refractivity contribution in [1.82, 2.24) is 4.98 Å². The summed E-state index contributed by atoms with van der Waals surface area (Å²) in [5, 5.41) is 11.2. The first-order chi connectivity index (χ1) is 8.97. The summed E-state index contributed by atoms with van der Waals surface area (Å²) in [5.41, 5.74) is 7.11. The van der Waals surface area contributed by atoms with Crippen molar-refractivity contribution in [3.63, 3.8) is 0 Å². The lowest BCUT2D eigenvalue weighted by molar-refractivity contribution is 0.0697. The Morgan fingerprint density at radius 3 is 2.89 bits per heavy atom. The van der Waals surface area contributed by atoms with E-state index in [1.54, 1.807) is 23.3 Å². The normalized spacial score (nSPS) is 10.4. The summed E-state index contributed by atoms with van der Waals surface area (Å²) in [6.07, 6.45) is 1.46. The minimum absolute atomic E-state index is 0.108. The first-order valence-corrected chi connectivity index (χ1v) is 7.07. The summed E-state index contributed by atoms with van der Waals surface area (Å²) in [6.45, 7) is 0.583. The molecule has 0 unspecified atom stereocenters. The third-order valence-corrected chi connectivity index (χ3v) is 4.07. The number of hydrogen-bond acceptors (Lipinski definition) is 5. The summed E-state index contributed by atoms with van der Waals surface area (Å²) in [4.78, 5) is 17.1. The van der Waals surface area contributed by atoms with E-state index < -0.39 is 5.97 Å². The molecular formula is C12H12BrN3O2S. The maximum absolute atomic E-state index is 11.2. The number of rotatable bonds is 4. The second-order valence-electron chi connectivity index (χ2n) is 4.06. The number of pyridine rings is 1. The fourth-order valence-electron chi connectivity index (χ4n) is 1.71. The van der Waals surface area contributed by atoms with E-state index in [1.807, 2.05) is 11.4 Å². The van der Waals surface area contributed by atoms with Crippen molar-refractivity contribution >= 4 is 44.7 Å². The lowest BCUT2D eigenvalue weighted by Crippen LogP contribution is -2.20. The molecule has 2 heterocycles. The molecule has 0 amide bonds. The van der Waals surface area contributed by atoms with Crippen LogP contribution in [0.15, 0.2) is 27.5 Å². The summed E-state index contributed by atoms with van der Waals surface area (Å²) in [6, 6.07) is 3.42. The van der Waals surface area contributed by atoms with Gasteiger partial charge >= 0.3 is 5.97 Å². The molecule has 0 saturated heterocycles. The van der Waals surface area contributed by atoms with E-state index in [1.165, 1.54) is 12.3 Å². The molecule has 2 aromatic rings. The van der Waals surface area contributed by atoms with Gasteiger partial charge in [0.1, 0.15) is 11.4 Å². The quantitative estimate of drug-likeness (QED) is 0.893. The standard InChI is InChI=1S/C12H12BrN3O2S/c1-16(5-7-2-10(13)19-6-7)11-9(12(17)18)3-8(14)4-15-11/h2-4,6H,5,14H2,1H3,(H,17,18). The number of anilines is 2. The zero-order valence-corrected chi connectivity index (χ0v) is 12.5. The van der Waals surface area contributed by atoms with Crippen molar-refractivity contribution in [2.75, 3.05) is 17.7 Å². The summed E-state index contributed by atoms with van der Waals surface area (Å²) in [5.74, 6) is -0.628. The fourth-order valence-corrected chi connectivity index (χ4v) is 2.91. The number of halogens is 1. The van der Waals surface area contributed by atoms with Gasteiger partial charge in [-0.05, 0) is 39.0 Å². The van der Waals surface area contributed by atoms with Crippen LogP contribution in [0.3, 0.4) is 0 Å². The van der Waals surface area contributed by atoms with Crippen LogP contribution < -0.4 is 10.6 Å². The van der Waals surface area contributed by atoms with Crippen LogP contribution in [-0.4, -0.2) is 23.1 Å². The SMILES string of the molecule is CN(Cc1csc(Br)c1)c1ncc(N)cc1C(=O)O. The Morgan fingerprint density at radius 2 is 2.32 bits per heavy atom. The number of carboxylic acid groups (broad SMARTS) is 1. The maximum atomic E-state index is 11.2. The minimum Gasteiger partial charge on any atom is -0.478 e. The molecule has 0 aliphatic heterocycles. The van der Waals surface area contributed by atoms with E-state index in [0.29, 0.717) is 18.1 Å². The Morgan fingerprint density at radius 1 is 1.58 bits per heavy atom. The molecule has 0 atom stereocenters. The van der Waals surface area contributed by atoms with Crippen molar-refractivity contribution in [2.45, 2.75) is 6.54 Å². The van der Waals surface area contributed by atoms with E-state index in [9.17, 15) is 9.90 Å². The number of aromatic carboxylic acids is 1. The molecule has 0 radical (unpaired) electrons. The van der Waals surface area contributed by atoms with Gasteiger partial charge in [-0.15, -0.1) is 11.3 Å². The Bertz CT molecular complexity index is 615. The van der Waals surface area contributed by atoms with Gasteiger partial charge < -0.3 is 15.7 Å². The van der Waals surface area contributed by atoms with Crippen molar-refractivity contribution < 1.29 is 9.90 Å². The summed E-state index contributed by atoms with van der Waals surface area (Å²) < 4.78 is 1.04. The molecular weight excluding hydrogens is 330 g/mol. The van der Waals surface area contributed by atoms with E-state index in [4.69, 9.17) is 5.73 Å². The van der Waals surface area contributed by atoms with Crippen LogP contribution in [0.1, 0.15) is 15.9 Å². The zero-order valence-electron chi connectivity index (χ0n) is 10.1. The monoisotopic (exact) mass is 341 g/mol. The van der Waals surface area contributed by atoms with E-state index >= 15 is 0 Å². The highest BCUT2D eigenvalue weighted by Crippen LogP contribution is 2.24. The molecule has 100 valence electrons. The van der Waals surface area contributed by atoms with Crippen LogP contribution in [0.25, 0.3) is 0 Å². The largest absolute Gasteiger partial charge is 0.478 e. The number of nitrogens with zero attached hydrogens (tertiary/aromatic N) is 2. The predicted octanol–water partition coefficient (Wildman–Crippen LogP) is 2.82. The molecule has 0 spiro atoms. The number of carbonyl (C=O) groups is 1. The average Bonchev–Trinajstić information content (AvgIpc) is 2.74. The highest BCUT2D eigenvalue weighted by Gasteiger charge is 2.16. The number of aromatic nitrogens is 1. The van der Waals surface area contributed by atoms with Gasteiger partial charge in [0.05, 0.1) is 15.7 Å². The minimum atomic E-state index is -1.03. The fraction of sp³-hybridized carbons (Fsp3) is 0.167. The number of thiophene rings is 1. The molecule has 2 rings (SSSR count). The number of nitrogens with two attached hydrogens (primary N) is 1. The molecule has 0 aromatic carbocycles. The van der Waals surface area contributed by atoms with E-state index in [2.05, 4.69) is 20.9 Å². The Kier molecular flexibility index (Phi) is 4.06. The molecule has 7 heteroatoms. The van der Waals surface area contributed by atoms with Crippen LogP contribution >= 0.6 is 27.3 Å². The predicted molar refractivity (Wildman–Crippen MR) is 79.7 cm³/mol. The average molecular weight is 342 g/mol. The van der Waals surface area contributed by atoms with Crippen molar-refractivity contribution in [3.8, 4) is 0 Å². The maximum Gasteiger partial charge on any atom is 0.339 e. The molecule has 0 fully saturated rings. The molecule has 5 nitrogen and oxygen atoms in total. The lowest BCUT2D eigenvalue weighted by Gasteiger charge is -2.19. The Labute approximate surface area is 122 Å². The van der Waals surface area contributed by atoms with E-state index in [-0.39, 0.29) is 5.56 Å². The van der Waals surface area contributed by atoms with Crippen LogP contribution in [0, 0.1) is 0 Å². The first-order valence-electron chi connectivity index (χ1n) is 5.40. The molecule has 0 aliphatic carbocycles. The zero-order chi connectivity index (χ0) is 14.0. The van der Waals surface area contributed by atoms with Crippen LogP contribution in [0.5, 0.6) is 0 Å². The highest BCUT2D eigenvalue weighted by molar-refractivity contribution is 9.11. The third kappa shape index (κ3) is 3.24. The van der Waals surface area contributed by atoms with Gasteiger partial charge in [0, 0.05) is 13.6 Å². The Balaban J connectivity index is 2.28. The molecule has 0 bridgehead atoms. The first kappa shape index (κ1) is 13.8. The van der Waals surface area contributed by atoms with Crippen molar-refractivity contribution in [2.24, 2.45) is 0 Å². The van der Waals surface area contributed by atoms with Gasteiger partial charge in [-0.1, -0.05) is 0 Å². The van der Waals surface area contributed by atoms with Crippen LogP contribution in [0.2, 0.25) is 0 Å². The van der Waals surface area contributed by atoms with E-state index in [0.717, 1.165) is 9.35 Å². The molecule has 0 aliphatic rings. The molecule has 19 heavy (non-hydrogen) atoms. The molecule has 2 aromatic heterocycles. The second-order valence-corrected chi connectivity index (χ2v) is 6.35. The van der Waals surface area contributed by atoms with Gasteiger partial charge in [0.2, 0.25) is 0 Å². The molecule has 3 N–H and O–H groups in total. The number of nitrogen functional groups attached to an aromatic ring is 1. The van der Waals surface area contributed by atoms with Gasteiger partial charge in [-0.2, -0.15) is 0 Å². The topological polar surface area (TPSA) is 79.5 Å². The van der Waals surface area contributed by atoms with Gasteiger partial charge in [0.15, 0.2) is 0 Å². The smallest absolute Gasteiger partial charge is 0.339 e. The lowest BCUT2D eigenvalue weighted by atomic mass is 10.2. The van der Waals surface area contributed by atoms with Gasteiger partial charge in [0.25, 0.3) is 0 Å². The summed E-state index contributed by atoms with van der Waals surface area (Å²) in [7, 11) is 1.80. The van der Waals surface area contributed by atoms with Crippen molar-refractivity contribution in [1.29, 1.82) is 0 Å². The third-order valence-electron chi connectivity index (χ3n) is 2.52. The second kappa shape index (κ2) is 5.58. The highest BCUT2D eigenvalue weighted by atomic mass is 79.9. The van der Waals surface area contributed by atoms with Crippen molar-refractivity contribution in [3.05, 3.63) is 38.6 Å².